The second-order valence-corrected chi connectivity index (χ2v) is 11.6. The summed E-state index contributed by atoms with van der Waals surface area (Å²) in [5.74, 6) is 0.959. The molecular formula is C26H39F3N4O2. The molecule has 0 spiro atoms. The molecule has 2 saturated heterocycles. The molecule has 0 aromatic carbocycles. The van der Waals surface area contributed by atoms with Crippen molar-refractivity contribution in [2.75, 3.05) is 44.3 Å². The highest BCUT2D eigenvalue weighted by Crippen LogP contribution is 2.52. The van der Waals surface area contributed by atoms with Gasteiger partial charge in [-0.15, -0.1) is 0 Å². The fraction of sp³-hybridized carbons (Fsp3) is 0.769. The first kappa shape index (κ1) is 26.2. The van der Waals surface area contributed by atoms with E-state index in [-0.39, 0.29) is 11.3 Å². The lowest BCUT2D eigenvalue weighted by atomic mass is 9.64. The Kier molecular flexibility index (Phi) is 7.40. The van der Waals surface area contributed by atoms with Gasteiger partial charge in [-0.3, -0.25) is 4.79 Å². The summed E-state index contributed by atoms with van der Waals surface area (Å²) in [5, 5.41) is 3.84. The molecule has 1 N–H and O–H groups in total. The monoisotopic (exact) mass is 496 g/mol. The Morgan fingerprint density at radius 2 is 1.89 bits per heavy atom. The fourth-order valence-corrected chi connectivity index (χ4v) is 6.02. The molecule has 1 aromatic heterocycles. The third kappa shape index (κ3) is 5.45. The lowest BCUT2D eigenvalue weighted by Crippen LogP contribution is -2.56. The number of halogens is 3. The summed E-state index contributed by atoms with van der Waals surface area (Å²) in [7, 11) is 0. The summed E-state index contributed by atoms with van der Waals surface area (Å²) >= 11 is 0. The number of anilines is 1. The standard InChI is InChI=1S/C26H39F3N4O2/c1-18-17-35-14-7-21(18)31-20-5-8-25(16-20,24(2,3)4)23(34)33-12-10-32(11-13-33)22-15-19(6-9-30-22)26(27,28)29/h6,9,15,18,20-21,31H,5,7-8,10-14,16-17H2,1-4H3/t18?,20-,21?,25-/m1/s1. The maximum absolute atomic E-state index is 14.0. The van der Waals surface area contributed by atoms with Crippen molar-refractivity contribution in [1.82, 2.24) is 15.2 Å². The van der Waals surface area contributed by atoms with Crippen molar-refractivity contribution in [3.8, 4) is 0 Å². The molecule has 1 aromatic rings. The van der Waals surface area contributed by atoms with Crippen LogP contribution in [0.15, 0.2) is 18.3 Å². The maximum Gasteiger partial charge on any atom is 0.416 e. The Morgan fingerprint density at radius 1 is 1.17 bits per heavy atom. The van der Waals surface area contributed by atoms with Gasteiger partial charge in [0.1, 0.15) is 5.82 Å². The van der Waals surface area contributed by atoms with Crippen LogP contribution < -0.4 is 10.2 Å². The number of amides is 1. The van der Waals surface area contributed by atoms with E-state index < -0.39 is 17.2 Å². The number of pyridine rings is 1. The molecular weight excluding hydrogens is 457 g/mol. The van der Waals surface area contributed by atoms with Crippen LogP contribution in [0.25, 0.3) is 0 Å². The van der Waals surface area contributed by atoms with Crippen molar-refractivity contribution >= 4 is 11.7 Å². The Balaban J connectivity index is 1.42. The van der Waals surface area contributed by atoms with Crippen LogP contribution >= 0.6 is 0 Å². The first-order chi connectivity index (χ1) is 16.4. The second-order valence-electron chi connectivity index (χ2n) is 11.6. The molecule has 9 heteroatoms. The molecule has 6 nitrogen and oxygen atoms in total. The topological polar surface area (TPSA) is 57.7 Å². The summed E-state index contributed by atoms with van der Waals surface area (Å²) < 4.78 is 44.9. The first-order valence-corrected chi connectivity index (χ1v) is 12.8. The lowest BCUT2D eigenvalue weighted by molar-refractivity contribution is -0.149. The smallest absolute Gasteiger partial charge is 0.381 e. The van der Waals surface area contributed by atoms with Gasteiger partial charge in [-0.1, -0.05) is 27.7 Å². The van der Waals surface area contributed by atoms with E-state index in [1.165, 1.54) is 6.20 Å². The van der Waals surface area contributed by atoms with E-state index in [1.807, 2.05) is 9.80 Å². The van der Waals surface area contributed by atoms with Crippen LogP contribution in [0.2, 0.25) is 0 Å². The Morgan fingerprint density at radius 3 is 2.51 bits per heavy atom. The molecule has 2 unspecified atom stereocenters. The van der Waals surface area contributed by atoms with Gasteiger partial charge < -0.3 is 19.9 Å². The van der Waals surface area contributed by atoms with Gasteiger partial charge in [0.2, 0.25) is 5.91 Å². The molecule has 3 aliphatic rings. The molecule has 196 valence electrons. The Labute approximate surface area is 206 Å². The van der Waals surface area contributed by atoms with Gasteiger partial charge in [-0.25, -0.2) is 4.98 Å². The first-order valence-electron chi connectivity index (χ1n) is 12.8. The van der Waals surface area contributed by atoms with Gasteiger partial charge in [-0.05, 0) is 49.1 Å². The van der Waals surface area contributed by atoms with E-state index in [9.17, 15) is 18.0 Å². The molecule has 0 radical (unpaired) electrons. The number of hydrogen-bond acceptors (Lipinski definition) is 5. The predicted octanol–water partition coefficient (Wildman–Crippen LogP) is 4.35. The number of nitrogens with zero attached hydrogens (tertiary/aromatic N) is 3. The van der Waals surface area contributed by atoms with Crippen LogP contribution in [0, 0.1) is 16.7 Å². The fourth-order valence-electron chi connectivity index (χ4n) is 6.02. The highest BCUT2D eigenvalue weighted by molar-refractivity contribution is 5.84. The molecule has 0 bridgehead atoms. The number of rotatable bonds is 4. The molecule has 3 heterocycles. The normalized spacial score (nSPS) is 30.5. The Hall–Kier alpha value is -1.87. The van der Waals surface area contributed by atoms with Crippen LogP contribution in [0.5, 0.6) is 0 Å². The number of aromatic nitrogens is 1. The molecule has 4 rings (SSSR count). The van der Waals surface area contributed by atoms with Gasteiger partial charge in [0.05, 0.1) is 17.6 Å². The van der Waals surface area contributed by atoms with Crippen molar-refractivity contribution < 1.29 is 22.7 Å². The average molecular weight is 497 g/mol. The zero-order valence-electron chi connectivity index (χ0n) is 21.3. The summed E-state index contributed by atoms with van der Waals surface area (Å²) in [4.78, 5) is 21.9. The molecule has 4 atom stereocenters. The number of hydrogen-bond donors (Lipinski definition) is 1. The largest absolute Gasteiger partial charge is 0.416 e. The maximum atomic E-state index is 14.0. The Bertz CT molecular complexity index is 895. The van der Waals surface area contributed by atoms with Crippen molar-refractivity contribution in [2.45, 2.75) is 71.6 Å². The van der Waals surface area contributed by atoms with Crippen molar-refractivity contribution in [3.05, 3.63) is 23.9 Å². The third-order valence-electron chi connectivity index (χ3n) is 8.41. The van der Waals surface area contributed by atoms with Crippen LogP contribution in [0.1, 0.15) is 58.9 Å². The predicted molar refractivity (Wildman–Crippen MR) is 129 cm³/mol. The average Bonchev–Trinajstić information content (AvgIpc) is 3.25. The van der Waals surface area contributed by atoms with Crippen LogP contribution in [-0.4, -0.2) is 67.3 Å². The minimum absolute atomic E-state index is 0.186. The van der Waals surface area contributed by atoms with Gasteiger partial charge >= 0.3 is 6.18 Å². The van der Waals surface area contributed by atoms with Crippen LogP contribution in [0.4, 0.5) is 19.0 Å². The van der Waals surface area contributed by atoms with Crippen molar-refractivity contribution in [3.63, 3.8) is 0 Å². The second kappa shape index (κ2) is 9.88. The quantitative estimate of drug-likeness (QED) is 0.672. The summed E-state index contributed by atoms with van der Waals surface area (Å²) in [6.07, 6.45) is 0.439. The molecule has 3 fully saturated rings. The molecule has 2 aliphatic heterocycles. The van der Waals surface area contributed by atoms with Crippen molar-refractivity contribution in [1.29, 1.82) is 0 Å². The summed E-state index contributed by atoms with van der Waals surface area (Å²) in [6.45, 7) is 12.2. The number of piperazine rings is 1. The highest BCUT2D eigenvalue weighted by atomic mass is 19.4. The number of carbonyl (C=O) groups is 1. The van der Waals surface area contributed by atoms with Gasteiger partial charge in [-0.2, -0.15) is 13.2 Å². The third-order valence-corrected chi connectivity index (χ3v) is 8.41. The number of nitrogens with one attached hydrogen (secondary N) is 1. The van der Waals surface area contributed by atoms with Crippen LogP contribution in [0.3, 0.4) is 0 Å². The summed E-state index contributed by atoms with van der Waals surface area (Å²) in [6, 6.07) is 2.81. The minimum atomic E-state index is -4.40. The minimum Gasteiger partial charge on any atom is -0.381 e. The van der Waals surface area contributed by atoms with E-state index in [4.69, 9.17) is 4.74 Å². The van der Waals surface area contributed by atoms with E-state index >= 15 is 0 Å². The van der Waals surface area contributed by atoms with Gasteiger partial charge in [0.15, 0.2) is 0 Å². The van der Waals surface area contributed by atoms with E-state index in [0.29, 0.717) is 50.0 Å². The van der Waals surface area contributed by atoms with E-state index in [0.717, 1.165) is 51.0 Å². The molecule has 35 heavy (non-hydrogen) atoms. The summed E-state index contributed by atoms with van der Waals surface area (Å²) in [5.41, 5.74) is -1.34. The number of carbonyl (C=O) groups excluding carboxylic acids is 1. The van der Waals surface area contributed by atoms with Gasteiger partial charge in [0, 0.05) is 51.1 Å². The zero-order chi connectivity index (χ0) is 25.4. The highest BCUT2D eigenvalue weighted by Gasteiger charge is 2.54. The van der Waals surface area contributed by atoms with Gasteiger partial charge in [0.25, 0.3) is 0 Å². The molecule has 1 amide bonds. The van der Waals surface area contributed by atoms with E-state index in [2.05, 4.69) is 38.0 Å². The van der Waals surface area contributed by atoms with Crippen LogP contribution in [-0.2, 0) is 15.7 Å². The molecule has 1 saturated carbocycles. The molecule has 1 aliphatic carbocycles. The number of ether oxygens (including phenoxy) is 1. The van der Waals surface area contributed by atoms with Crippen molar-refractivity contribution in [2.24, 2.45) is 16.7 Å². The van der Waals surface area contributed by atoms with E-state index in [1.54, 1.807) is 0 Å². The SMILES string of the molecule is CC1COCCC1N[C@@H]1CC[C@@](C(=O)N2CCN(c3cc(C(F)(F)F)ccn3)CC2)(C(C)(C)C)C1. The zero-order valence-corrected chi connectivity index (χ0v) is 21.3. The number of alkyl halides is 3. The lowest BCUT2D eigenvalue weighted by Gasteiger charge is -2.46.